The summed E-state index contributed by atoms with van der Waals surface area (Å²) in [5, 5.41) is 6.62. The molecule has 5 rings (SSSR count). The third-order valence-corrected chi connectivity index (χ3v) is 6.20. The minimum atomic E-state index is -0.0856. The number of hydrogen-bond donors (Lipinski definition) is 2. The molecule has 3 aromatic rings. The summed E-state index contributed by atoms with van der Waals surface area (Å²) in [5.41, 5.74) is 4.01. The Kier molecular flexibility index (Phi) is 6.39. The molecule has 7 nitrogen and oxygen atoms in total. The van der Waals surface area contributed by atoms with Crippen LogP contribution in [0.2, 0.25) is 0 Å². The zero-order valence-corrected chi connectivity index (χ0v) is 18.5. The van der Waals surface area contributed by atoms with Crippen LogP contribution in [0.4, 0.5) is 5.69 Å². The Balaban J connectivity index is 1.09. The Morgan fingerprint density at radius 3 is 2.58 bits per heavy atom. The van der Waals surface area contributed by atoms with Crippen molar-refractivity contribution >= 4 is 11.6 Å². The molecule has 0 atom stereocenters. The van der Waals surface area contributed by atoms with Crippen LogP contribution in [0.1, 0.15) is 34.3 Å². The van der Waals surface area contributed by atoms with Crippen LogP contribution >= 0.6 is 0 Å². The number of carbonyl (C=O) groups excluding carboxylic acids is 1. The summed E-state index contributed by atoms with van der Waals surface area (Å²) in [4.78, 5) is 19.1. The fraction of sp³-hybridized carbons (Fsp3) is 0.308. The van der Waals surface area contributed by atoms with Gasteiger partial charge in [0.25, 0.3) is 5.91 Å². The second-order valence-electron chi connectivity index (χ2n) is 8.42. The molecule has 2 aliphatic heterocycles. The van der Waals surface area contributed by atoms with E-state index in [1.807, 2.05) is 54.7 Å². The van der Waals surface area contributed by atoms with E-state index in [-0.39, 0.29) is 12.7 Å². The highest BCUT2D eigenvalue weighted by atomic mass is 16.7. The first kappa shape index (κ1) is 21.3. The molecule has 0 bridgehead atoms. The summed E-state index contributed by atoms with van der Waals surface area (Å²) < 4.78 is 10.7. The second-order valence-corrected chi connectivity index (χ2v) is 8.42. The first-order chi connectivity index (χ1) is 16.2. The number of amides is 1. The highest BCUT2D eigenvalue weighted by Crippen LogP contribution is 2.32. The van der Waals surface area contributed by atoms with E-state index in [2.05, 4.69) is 26.6 Å². The van der Waals surface area contributed by atoms with Gasteiger partial charge in [0.2, 0.25) is 6.79 Å². The normalized spacial score (nSPS) is 15.5. The number of benzene rings is 2. The van der Waals surface area contributed by atoms with Crippen LogP contribution in [0.5, 0.6) is 11.5 Å². The zero-order valence-electron chi connectivity index (χ0n) is 18.5. The molecule has 1 fully saturated rings. The van der Waals surface area contributed by atoms with Gasteiger partial charge < -0.3 is 25.0 Å². The Bertz CT molecular complexity index is 1080. The van der Waals surface area contributed by atoms with E-state index in [0.717, 1.165) is 55.2 Å². The van der Waals surface area contributed by atoms with E-state index in [0.29, 0.717) is 18.2 Å². The second kappa shape index (κ2) is 9.92. The molecule has 2 aromatic carbocycles. The van der Waals surface area contributed by atoms with Crippen LogP contribution in [0.15, 0.2) is 67.0 Å². The average molecular weight is 445 g/mol. The smallest absolute Gasteiger partial charge is 0.251 e. The summed E-state index contributed by atoms with van der Waals surface area (Å²) in [5.74, 6) is 1.38. The number of piperidine rings is 1. The minimum absolute atomic E-state index is 0.0856. The standard InChI is InChI=1S/C26H28N4O3/c31-26(29-16-19-3-8-24-25(14-19)33-18-32-24)21-4-6-23(7-5-21)30-12-9-22(10-13-30)28-17-20-2-1-11-27-15-20/h1-8,11,14-15,22,28H,9-10,12-13,16-18H2,(H,29,31). The van der Waals surface area contributed by atoms with Gasteiger partial charge in [0, 0.05) is 55.9 Å². The van der Waals surface area contributed by atoms with E-state index in [4.69, 9.17) is 9.47 Å². The average Bonchev–Trinajstić information content (AvgIpc) is 3.35. The lowest BCUT2D eigenvalue weighted by atomic mass is 10.0. The van der Waals surface area contributed by atoms with Gasteiger partial charge in [-0.25, -0.2) is 0 Å². The van der Waals surface area contributed by atoms with Gasteiger partial charge in [-0.3, -0.25) is 9.78 Å². The maximum Gasteiger partial charge on any atom is 0.251 e. The van der Waals surface area contributed by atoms with Crippen molar-refractivity contribution in [2.45, 2.75) is 32.0 Å². The predicted octanol–water partition coefficient (Wildman–Crippen LogP) is 3.50. The largest absolute Gasteiger partial charge is 0.454 e. The Morgan fingerprint density at radius 1 is 0.970 bits per heavy atom. The number of hydrogen-bond acceptors (Lipinski definition) is 6. The molecule has 0 unspecified atom stereocenters. The number of nitrogens with zero attached hydrogens (tertiary/aromatic N) is 2. The summed E-state index contributed by atoms with van der Waals surface area (Å²) in [7, 11) is 0. The molecule has 0 spiro atoms. The highest BCUT2D eigenvalue weighted by Gasteiger charge is 2.19. The van der Waals surface area contributed by atoms with E-state index >= 15 is 0 Å². The van der Waals surface area contributed by atoms with Crippen LogP contribution in [-0.4, -0.2) is 36.8 Å². The number of pyridine rings is 1. The fourth-order valence-corrected chi connectivity index (χ4v) is 4.27. The van der Waals surface area contributed by atoms with E-state index in [9.17, 15) is 4.79 Å². The molecule has 0 aliphatic carbocycles. The minimum Gasteiger partial charge on any atom is -0.454 e. The van der Waals surface area contributed by atoms with Gasteiger partial charge in [0.05, 0.1) is 0 Å². The fourth-order valence-electron chi connectivity index (χ4n) is 4.27. The molecular formula is C26H28N4O3. The van der Waals surface area contributed by atoms with E-state index in [1.54, 1.807) is 6.20 Å². The van der Waals surface area contributed by atoms with Crippen molar-refractivity contribution < 1.29 is 14.3 Å². The van der Waals surface area contributed by atoms with Crippen LogP contribution in [0.3, 0.4) is 0 Å². The van der Waals surface area contributed by atoms with Crippen LogP contribution in [0.25, 0.3) is 0 Å². The predicted molar refractivity (Wildman–Crippen MR) is 126 cm³/mol. The number of fused-ring (bicyclic) bond motifs is 1. The maximum absolute atomic E-state index is 12.6. The third-order valence-electron chi connectivity index (χ3n) is 6.20. The molecule has 1 amide bonds. The van der Waals surface area contributed by atoms with Crippen molar-refractivity contribution in [3.63, 3.8) is 0 Å². The number of ether oxygens (including phenoxy) is 2. The molecule has 2 aliphatic rings. The van der Waals surface area contributed by atoms with E-state index < -0.39 is 0 Å². The molecule has 3 heterocycles. The number of anilines is 1. The van der Waals surface area contributed by atoms with Crippen LogP contribution in [0, 0.1) is 0 Å². The SMILES string of the molecule is O=C(NCc1ccc2c(c1)OCO2)c1ccc(N2CCC(NCc3cccnc3)CC2)cc1. The van der Waals surface area contributed by atoms with Crippen molar-refractivity contribution in [3.8, 4) is 11.5 Å². The molecule has 1 saturated heterocycles. The van der Waals surface area contributed by atoms with Crippen LogP contribution < -0.4 is 25.0 Å². The first-order valence-corrected chi connectivity index (χ1v) is 11.4. The van der Waals surface area contributed by atoms with Gasteiger partial charge in [-0.05, 0) is 66.4 Å². The number of aromatic nitrogens is 1. The maximum atomic E-state index is 12.6. The summed E-state index contributed by atoms with van der Waals surface area (Å²) in [6.45, 7) is 3.54. The van der Waals surface area contributed by atoms with Crippen molar-refractivity contribution in [2.24, 2.45) is 0 Å². The van der Waals surface area contributed by atoms with Crippen molar-refractivity contribution in [1.29, 1.82) is 0 Å². The Hall–Kier alpha value is -3.58. The molecule has 1 aromatic heterocycles. The lowest BCUT2D eigenvalue weighted by molar-refractivity contribution is 0.0951. The van der Waals surface area contributed by atoms with Gasteiger partial charge in [-0.15, -0.1) is 0 Å². The van der Waals surface area contributed by atoms with Crippen molar-refractivity contribution in [3.05, 3.63) is 83.7 Å². The number of carbonyl (C=O) groups is 1. The Labute approximate surface area is 193 Å². The topological polar surface area (TPSA) is 75.7 Å². The van der Waals surface area contributed by atoms with Gasteiger partial charge in [-0.1, -0.05) is 12.1 Å². The molecule has 0 saturated carbocycles. The van der Waals surface area contributed by atoms with Crippen LogP contribution in [-0.2, 0) is 13.1 Å². The number of nitrogens with one attached hydrogen (secondary N) is 2. The quantitative estimate of drug-likeness (QED) is 0.581. The molecule has 33 heavy (non-hydrogen) atoms. The third kappa shape index (κ3) is 5.26. The lowest BCUT2D eigenvalue weighted by Crippen LogP contribution is -2.42. The summed E-state index contributed by atoms with van der Waals surface area (Å²) >= 11 is 0. The van der Waals surface area contributed by atoms with Crippen molar-refractivity contribution in [1.82, 2.24) is 15.6 Å². The summed E-state index contributed by atoms with van der Waals surface area (Å²) in [6.07, 6.45) is 5.90. The highest BCUT2D eigenvalue weighted by molar-refractivity contribution is 5.94. The molecule has 7 heteroatoms. The van der Waals surface area contributed by atoms with Gasteiger partial charge in [0.1, 0.15) is 0 Å². The molecule has 170 valence electrons. The molecular weight excluding hydrogens is 416 g/mol. The first-order valence-electron chi connectivity index (χ1n) is 11.4. The summed E-state index contributed by atoms with van der Waals surface area (Å²) in [6, 6.07) is 18.2. The molecule has 2 N–H and O–H groups in total. The van der Waals surface area contributed by atoms with Gasteiger partial charge in [-0.2, -0.15) is 0 Å². The Morgan fingerprint density at radius 2 is 1.79 bits per heavy atom. The number of rotatable bonds is 7. The lowest BCUT2D eigenvalue weighted by Gasteiger charge is -2.34. The zero-order chi connectivity index (χ0) is 22.5. The molecule has 0 radical (unpaired) electrons. The van der Waals surface area contributed by atoms with Crippen molar-refractivity contribution in [2.75, 3.05) is 24.8 Å². The van der Waals surface area contributed by atoms with Gasteiger partial charge in [0.15, 0.2) is 11.5 Å². The monoisotopic (exact) mass is 444 g/mol. The van der Waals surface area contributed by atoms with Gasteiger partial charge >= 0.3 is 0 Å². The van der Waals surface area contributed by atoms with E-state index in [1.165, 1.54) is 5.56 Å².